The van der Waals surface area contributed by atoms with Crippen molar-refractivity contribution in [2.45, 2.75) is 24.3 Å². The van der Waals surface area contributed by atoms with Crippen LogP contribution in [0.2, 0.25) is 0 Å². The van der Waals surface area contributed by atoms with Gasteiger partial charge in [0.15, 0.2) is 0 Å². The van der Waals surface area contributed by atoms with Gasteiger partial charge in [0.25, 0.3) is 0 Å². The van der Waals surface area contributed by atoms with Gasteiger partial charge in [-0.05, 0) is 13.8 Å². The van der Waals surface area contributed by atoms with Crippen molar-refractivity contribution >= 4 is 10.0 Å². The third-order valence-corrected chi connectivity index (χ3v) is 3.74. The van der Waals surface area contributed by atoms with Gasteiger partial charge in [-0.3, -0.25) is 4.79 Å². The minimum atomic E-state index is -3.81. The van der Waals surface area contributed by atoms with Gasteiger partial charge in [-0.25, -0.2) is 13.1 Å². The zero-order valence-corrected chi connectivity index (χ0v) is 10.8. The number of H-pyrrole nitrogens is 1. The molecule has 0 aliphatic heterocycles. The summed E-state index contributed by atoms with van der Waals surface area (Å²) in [6.07, 6.45) is 2.53. The molecule has 0 radical (unpaired) electrons. The van der Waals surface area contributed by atoms with E-state index < -0.39 is 21.1 Å². The van der Waals surface area contributed by atoms with Crippen molar-refractivity contribution in [2.24, 2.45) is 0 Å². The van der Waals surface area contributed by atoms with Gasteiger partial charge in [0.05, 0.1) is 5.60 Å². The molecule has 0 bridgehead atoms. The van der Waals surface area contributed by atoms with E-state index in [1.165, 1.54) is 13.3 Å². The van der Waals surface area contributed by atoms with Crippen molar-refractivity contribution in [3.8, 4) is 0 Å². The van der Waals surface area contributed by atoms with Gasteiger partial charge in [0.2, 0.25) is 15.5 Å². The monoisotopic (exact) mass is 260 g/mol. The Balaban J connectivity index is 2.92. The molecule has 0 spiro atoms. The van der Waals surface area contributed by atoms with Crippen molar-refractivity contribution < 1.29 is 13.2 Å². The molecule has 1 heterocycles. The predicted molar refractivity (Wildman–Crippen MR) is 63.3 cm³/mol. The smallest absolute Gasteiger partial charge is 0.246 e. The summed E-state index contributed by atoms with van der Waals surface area (Å²) < 4.78 is 31.1. The molecule has 1 rings (SSSR count). The Morgan fingerprint density at radius 1 is 1.47 bits per heavy atom. The first-order chi connectivity index (χ1) is 7.78. The van der Waals surface area contributed by atoms with Gasteiger partial charge in [-0.15, -0.1) is 0 Å². The SMILES string of the molecule is COC(C)(C)CNS(=O)(=O)c1c[nH]ccc1=O. The van der Waals surface area contributed by atoms with Gasteiger partial charge >= 0.3 is 0 Å². The average molecular weight is 260 g/mol. The Morgan fingerprint density at radius 3 is 2.65 bits per heavy atom. The maximum atomic E-state index is 11.8. The number of aromatic amines is 1. The summed E-state index contributed by atoms with van der Waals surface area (Å²) in [7, 11) is -2.32. The average Bonchev–Trinajstić information content (AvgIpc) is 2.27. The molecule has 7 heteroatoms. The molecule has 0 aromatic carbocycles. The fraction of sp³-hybridized carbons (Fsp3) is 0.500. The number of nitrogens with one attached hydrogen (secondary N) is 2. The summed E-state index contributed by atoms with van der Waals surface area (Å²) in [6, 6.07) is 1.16. The fourth-order valence-electron chi connectivity index (χ4n) is 1.03. The molecule has 0 aliphatic carbocycles. The Labute approximate surface area is 100 Å². The lowest BCUT2D eigenvalue weighted by Crippen LogP contribution is -2.40. The standard InChI is InChI=1S/C10H16N2O4S/c1-10(2,16-3)7-12-17(14,15)9-6-11-5-4-8(9)13/h4-6,12H,7H2,1-3H3,(H,11,13). The molecule has 2 N–H and O–H groups in total. The van der Waals surface area contributed by atoms with Crippen LogP contribution < -0.4 is 10.2 Å². The summed E-state index contributed by atoms with van der Waals surface area (Å²) in [6.45, 7) is 3.57. The summed E-state index contributed by atoms with van der Waals surface area (Å²) in [5, 5.41) is 0. The van der Waals surface area contributed by atoms with Gasteiger partial charge in [0.1, 0.15) is 4.90 Å². The largest absolute Gasteiger partial charge is 0.377 e. The quantitative estimate of drug-likeness (QED) is 0.784. The molecule has 0 atom stereocenters. The van der Waals surface area contributed by atoms with E-state index in [1.807, 2.05) is 0 Å². The van der Waals surface area contributed by atoms with Crippen molar-refractivity contribution in [3.63, 3.8) is 0 Å². The predicted octanol–water partition coefficient (Wildman–Crippen LogP) is 0.0782. The highest BCUT2D eigenvalue weighted by Crippen LogP contribution is 2.07. The summed E-state index contributed by atoms with van der Waals surface area (Å²) in [5.41, 5.74) is -1.18. The maximum Gasteiger partial charge on any atom is 0.246 e. The summed E-state index contributed by atoms with van der Waals surface area (Å²) in [5.74, 6) is 0. The maximum absolute atomic E-state index is 11.8. The van der Waals surface area contributed by atoms with Crippen molar-refractivity contribution in [3.05, 3.63) is 28.7 Å². The third-order valence-electron chi connectivity index (χ3n) is 2.32. The molecule has 0 saturated carbocycles. The van der Waals surface area contributed by atoms with Crippen molar-refractivity contribution in [1.82, 2.24) is 9.71 Å². The molecule has 96 valence electrons. The molecule has 0 fully saturated rings. The van der Waals surface area contributed by atoms with Crippen LogP contribution in [0.1, 0.15) is 13.8 Å². The molecule has 0 aliphatic rings. The van der Waals surface area contributed by atoms with Crippen molar-refractivity contribution in [1.29, 1.82) is 0 Å². The second-order valence-electron chi connectivity index (χ2n) is 4.16. The number of hydrogen-bond acceptors (Lipinski definition) is 4. The molecule has 1 aromatic heterocycles. The zero-order valence-electron chi connectivity index (χ0n) is 9.98. The molecule has 0 saturated heterocycles. The van der Waals surface area contributed by atoms with Crippen molar-refractivity contribution in [2.75, 3.05) is 13.7 Å². The number of pyridine rings is 1. The van der Waals surface area contributed by atoms with Crippen LogP contribution in [-0.4, -0.2) is 32.7 Å². The Hall–Kier alpha value is -1.18. The van der Waals surface area contributed by atoms with Crippen LogP contribution in [0.4, 0.5) is 0 Å². The lowest BCUT2D eigenvalue weighted by atomic mass is 10.1. The number of methoxy groups -OCH3 is 1. The number of ether oxygens (including phenoxy) is 1. The first-order valence-corrected chi connectivity index (χ1v) is 6.49. The molecule has 0 unspecified atom stereocenters. The summed E-state index contributed by atoms with van der Waals surface area (Å²) in [4.78, 5) is 13.7. The third kappa shape index (κ3) is 3.65. The molecular weight excluding hydrogens is 244 g/mol. The van der Waals surface area contributed by atoms with Crippen LogP contribution >= 0.6 is 0 Å². The lowest BCUT2D eigenvalue weighted by Gasteiger charge is -2.22. The number of sulfonamides is 1. The highest BCUT2D eigenvalue weighted by molar-refractivity contribution is 7.89. The molecular formula is C10H16N2O4S. The molecule has 17 heavy (non-hydrogen) atoms. The Morgan fingerprint density at radius 2 is 2.12 bits per heavy atom. The Bertz CT molecular complexity index is 533. The molecule has 1 aromatic rings. The van der Waals surface area contributed by atoms with Crippen LogP contribution in [0.25, 0.3) is 0 Å². The van der Waals surface area contributed by atoms with Gasteiger partial charge in [-0.1, -0.05) is 0 Å². The minimum Gasteiger partial charge on any atom is -0.377 e. The lowest BCUT2D eigenvalue weighted by molar-refractivity contribution is 0.0276. The van der Waals surface area contributed by atoms with Gasteiger partial charge in [-0.2, -0.15) is 0 Å². The van der Waals surface area contributed by atoms with E-state index in [0.29, 0.717) is 0 Å². The van der Waals surface area contributed by atoms with E-state index >= 15 is 0 Å². The first kappa shape index (κ1) is 13.9. The normalized spacial score (nSPS) is 12.6. The van der Waals surface area contributed by atoms with E-state index in [1.54, 1.807) is 13.8 Å². The molecule has 6 nitrogen and oxygen atoms in total. The van der Waals surface area contributed by atoms with Crippen LogP contribution in [0.15, 0.2) is 28.2 Å². The Kier molecular flexibility index (Phi) is 4.07. The van der Waals surface area contributed by atoms with Gasteiger partial charge < -0.3 is 9.72 Å². The van der Waals surface area contributed by atoms with Gasteiger partial charge in [0, 0.05) is 32.1 Å². The minimum absolute atomic E-state index is 0.0835. The fourth-order valence-corrected chi connectivity index (χ4v) is 2.28. The van der Waals surface area contributed by atoms with E-state index in [0.717, 1.165) is 12.3 Å². The second kappa shape index (κ2) is 4.99. The van der Waals surface area contributed by atoms with E-state index in [-0.39, 0.29) is 11.4 Å². The highest BCUT2D eigenvalue weighted by Gasteiger charge is 2.23. The topological polar surface area (TPSA) is 88.3 Å². The number of aromatic nitrogens is 1. The van der Waals surface area contributed by atoms with Crippen LogP contribution in [-0.2, 0) is 14.8 Å². The first-order valence-electron chi connectivity index (χ1n) is 5.00. The zero-order chi connectivity index (χ0) is 13.1. The van der Waals surface area contributed by atoms with E-state index in [4.69, 9.17) is 4.74 Å². The van der Waals surface area contributed by atoms with E-state index in [2.05, 4.69) is 9.71 Å². The number of hydrogen-bond donors (Lipinski definition) is 2. The van der Waals surface area contributed by atoms with Crippen LogP contribution in [0, 0.1) is 0 Å². The van der Waals surface area contributed by atoms with Crippen LogP contribution in [0.3, 0.4) is 0 Å². The highest BCUT2D eigenvalue weighted by atomic mass is 32.2. The second-order valence-corrected chi connectivity index (χ2v) is 5.90. The van der Waals surface area contributed by atoms with E-state index in [9.17, 15) is 13.2 Å². The summed E-state index contributed by atoms with van der Waals surface area (Å²) >= 11 is 0. The number of rotatable bonds is 5. The van der Waals surface area contributed by atoms with Crippen LogP contribution in [0.5, 0.6) is 0 Å². The molecule has 0 amide bonds.